The fourth-order valence-corrected chi connectivity index (χ4v) is 1.60. The van der Waals surface area contributed by atoms with Crippen LogP contribution in [-0.4, -0.2) is 24.7 Å². The van der Waals surface area contributed by atoms with Crippen molar-refractivity contribution in [3.8, 4) is 0 Å². The fourth-order valence-electron chi connectivity index (χ4n) is 1.46. The van der Waals surface area contributed by atoms with E-state index in [1.54, 1.807) is 0 Å². The quantitative estimate of drug-likeness (QED) is 0.763. The monoisotopic (exact) mass is 258 g/mol. The highest BCUT2D eigenvalue weighted by Crippen LogP contribution is 2.28. The van der Waals surface area contributed by atoms with Crippen molar-refractivity contribution >= 4 is 17.4 Å². The lowest BCUT2D eigenvalue weighted by molar-refractivity contribution is 0.124. The average Bonchev–Trinajstić information content (AvgIpc) is 3.09. The van der Waals surface area contributed by atoms with Crippen molar-refractivity contribution in [3.63, 3.8) is 0 Å². The number of halogens is 2. The zero-order valence-corrected chi connectivity index (χ0v) is 10.3. The van der Waals surface area contributed by atoms with E-state index in [0.29, 0.717) is 18.2 Å². The van der Waals surface area contributed by atoms with Crippen molar-refractivity contribution in [2.24, 2.45) is 5.92 Å². The summed E-state index contributed by atoms with van der Waals surface area (Å²) in [6, 6.07) is 1.25. The van der Waals surface area contributed by atoms with Crippen LogP contribution in [0.5, 0.6) is 0 Å². The van der Waals surface area contributed by atoms with Crippen LogP contribution < -0.4 is 5.32 Å². The predicted molar refractivity (Wildman–Crippen MR) is 65.9 cm³/mol. The lowest BCUT2D eigenvalue weighted by Crippen LogP contribution is -2.09. The Hall–Kier alpha value is -0.870. The summed E-state index contributed by atoms with van der Waals surface area (Å²) in [5.74, 6) is 0.617. The molecule has 17 heavy (non-hydrogen) atoms. The second kappa shape index (κ2) is 6.17. The largest absolute Gasteiger partial charge is 0.381 e. The zero-order valence-electron chi connectivity index (χ0n) is 9.59. The molecular formula is C12H16ClFN2O. The number of rotatable bonds is 7. The molecule has 1 aliphatic carbocycles. The van der Waals surface area contributed by atoms with E-state index in [9.17, 15) is 4.39 Å². The molecule has 0 spiro atoms. The molecular weight excluding hydrogens is 243 g/mol. The summed E-state index contributed by atoms with van der Waals surface area (Å²) in [4.78, 5) is 3.87. The second-order valence-corrected chi connectivity index (χ2v) is 4.72. The molecule has 1 aliphatic rings. The van der Waals surface area contributed by atoms with Gasteiger partial charge in [0.05, 0.1) is 5.02 Å². The molecule has 0 unspecified atom stereocenters. The Balaban J connectivity index is 1.60. The first-order valence-corrected chi connectivity index (χ1v) is 6.26. The molecule has 0 atom stereocenters. The molecule has 94 valence electrons. The zero-order chi connectivity index (χ0) is 12.1. The molecule has 0 saturated heterocycles. The van der Waals surface area contributed by atoms with Crippen molar-refractivity contribution < 1.29 is 9.13 Å². The Morgan fingerprint density at radius 2 is 2.35 bits per heavy atom. The van der Waals surface area contributed by atoms with E-state index in [2.05, 4.69) is 10.3 Å². The summed E-state index contributed by atoms with van der Waals surface area (Å²) < 4.78 is 18.8. The van der Waals surface area contributed by atoms with Gasteiger partial charge in [0.15, 0.2) is 11.6 Å². The minimum atomic E-state index is -0.420. The van der Waals surface area contributed by atoms with Gasteiger partial charge in [0.2, 0.25) is 0 Å². The van der Waals surface area contributed by atoms with Gasteiger partial charge in [0, 0.05) is 26.0 Å². The van der Waals surface area contributed by atoms with Crippen LogP contribution in [-0.2, 0) is 4.74 Å². The maximum atomic E-state index is 13.3. The Morgan fingerprint density at radius 3 is 3.06 bits per heavy atom. The van der Waals surface area contributed by atoms with E-state index in [-0.39, 0.29) is 5.82 Å². The van der Waals surface area contributed by atoms with Crippen LogP contribution in [0.3, 0.4) is 0 Å². The molecule has 1 aromatic heterocycles. The van der Waals surface area contributed by atoms with Gasteiger partial charge in [-0.05, 0) is 31.2 Å². The van der Waals surface area contributed by atoms with E-state index in [4.69, 9.17) is 16.3 Å². The van der Waals surface area contributed by atoms with Gasteiger partial charge in [-0.15, -0.1) is 0 Å². The molecule has 3 nitrogen and oxygen atoms in total. The lowest BCUT2D eigenvalue weighted by atomic mass is 10.4. The Kier molecular flexibility index (Phi) is 4.57. The first-order valence-electron chi connectivity index (χ1n) is 5.88. The lowest BCUT2D eigenvalue weighted by Gasteiger charge is -2.07. The summed E-state index contributed by atoms with van der Waals surface area (Å²) in [7, 11) is 0. The number of aromatic nitrogens is 1. The molecule has 5 heteroatoms. The Labute approximate surface area is 105 Å². The number of anilines is 1. The van der Waals surface area contributed by atoms with E-state index < -0.39 is 5.82 Å². The van der Waals surface area contributed by atoms with E-state index in [1.165, 1.54) is 25.1 Å². The highest BCUT2D eigenvalue weighted by molar-refractivity contribution is 6.30. The minimum Gasteiger partial charge on any atom is -0.381 e. The number of nitrogens with zero attached hydrogens (tertiary/aromatic N) is 1. The third-order valence-electron chi connectivity index (χ3n) is 2.62. The summed E-state index contributed by atoms with van der Waals surface area (Å²) in [6.07, 6.45) is 4.88. The molecule has 1 heterocycles. The molecule has 0 amide bonds. The molecule has 1 aromatic rings. The topological polar surface area (TPSA) is 34.2 Å². The van der Waals surface area contributed by atoms with Crippen LogP contribution in [0.2, 0.25) is 5.02 Å². The van der Waals surface area contributed by atoms with Crippen LogP contribution in [0.15, 0.2) is 12.3 Å². The molecule has 1 saturated carbocycles. The van der Waals surface area contributed by atoms with Gasteiger partial charge >= 0.3 is 0 Å². The summed E-state index contributed by atoms with van der Waals surface area (Å²) in [5.41, 5.74) is 0. The van der Waals surface area contributed by atoms with Gasteiger partial charge in [0.1, 0.15) is 0 Å². The summed E-state index contributed by atoms with van der Waals surface area (Å²) >= 11 is 5.60. The van der Waals surface area contributed by atoms with E-state index >= 15 is 0 Å². The van der Waals surface area contributed by atoms with Crippen LogP contribution in [0.25, 0.3) is 0 Å². The number of nitrogens with one attached hydrogen (secondary N) is 1. The van der Waals surface area contributed by atoms with Crippen LogP contribution in [0, 0.1) is 11.7 Å². The smallest absolute Gasteiger partial charge is 0.166 e. The fraction of sp³-hybridized carbons (Fsp3) is 0.583. The number of ether oxygens (including phenoxy) is 1. The highest BCUT2D eigenvalue weighted by Gasteiger charge is 2.20. The second-order valence-electron chi connectivity index (χ2n) is 4.28. The van der Waals surface area contributed by atoms with Gasteiger partial charge in [0.25, 0.3) is 0 Å². The van der Waals surface area contributed by atoms with Crippen LogP contribution in [0.1, 0.15) is 19.3 Å². The summed E-state index contributed by atoms with van der Waals surface area (Å²) in [6.45, 7) is 2.22. The Bertz CT molecular complexity index is 372. The number of hydrogen-bond donors (Lipinski definition) is 1. The molecule has 0 bridgehead atoms. The molecule has 2 rings (SSSR count). The molecule has 1 N–H and O–H groups in total. The van der Waals surface area contributed by atoms with Crippen LogP contribution in [0.4, 0.5) is 10.2 Å². The average molecular weight is 259 g/mol. The normalized spacial score (nSPS) is 14.9. The summed E-state index contributed by atoms with van der Waals surface area (Å²) in [5, 5.41) is 3.23. The SMILES string of the molecule is Fc1cc(Cl)cnc1NCCCOCC1CC1. The van der Waals surface area contributed by atoms with Gasteiger partial charge in [-0.1, -0.05) is 11.6 Å². The van der Waals surface area contributed by atoms with Gasteiger partial charge in [-0.25, -0.2) is 9.37 Å². The third kappa shape index (κ3) is 4.48. The minimum absolute atomic E-state index is 0.247. The molecule has 0 radical (unpaired) electrons. The van der Waals surface area contributed by atoms with Crippen molar-refractivity contribution in [1.82, 2.24) is 4.98 Å². The maximum Gasteiger partial charge on any atom is 0.166 e. The van der Waals surface area contributed by atoms with E-state index in [0.717, 1.165) is 18.9 Å². The molecule has 0 aliphatic heterocycles. The van der Waals surface area contributed by atoms with Crippen molar-refractivity contribution in [1.29, 1.82) is 0 Å². The number of hydrogen-bond acceptors (Lipinski definition) is 3. The van der Waals surface area contributed by atoms with Gasteiger partial charge < -0.3 is 10.1 Å². The predicted octanol–water partition coefficient (Wildman–Crippen LogP) is 3.10. The van der Waals surface area contributed by atoms with Gasteiger partial charge in [-0.2, -0.15) is 0 Å². The maximum absolute atomic E-state index is 13.3. The van der Waals surface area contributed by atoms with Gasteiger partial charge in [-0.3, -0.25) is 0 Å². The Morgan fingerprint density at radius 1 is 1.53 bits per heavy atom. The standard InChI is InChI=1S/C12H16ClFN2O/c13-10-6-11(14)12(16-7-10)15-4-1-5-17-8-9-2-3-9/h6-7,9H,1-5,8H2,(H,15,16). The highest BCUT2D eigenvalue weighted by atomic mass is 35.5. The van der Waals surface area contributed by atoms with Crippen molar-refractivity contribution in [3.05, 3.63) is 23.1 Å². The first-order chi connectivity index (χ1) is 8.25. The van der Waals surface area contributed by atoms with Crippen molar-refractivity contribution in [2.75, 3.05) is 25.1 Å². The first kappa shape index (κ1) is 12.6. The molecule has 1 fully saturated rings. The van der Waals surface area contributed by atoms with E-state index in [1.807, 2.05) is 0 Å². The van der Waals surface area contributed by atoms with Crippen LogP contribution >= 0.6 is 11.6 Å². The third-order valence-corrected chi connectivity index (χ3v) is 2.82. The van der Waals surface area contributed by atoms with Crippen molar-refractivity contribution in [2.45, 2.75) is 19.3 Å². The molecule has 0 aromatic carbocycles. The number of pyridine rings is 1.